The van der Waals surface area contributed by atoms with Gasteiger partial charge in [-0.2, -0.15) is 0 Å². The molecule has 0 aliphatic heterocycles. The molecule has 2 N–H and O–H groups in total. The van der Waals surface area contributed by atoms with E-state index in [2.05, 4.69) is 0 Å². The number of phenols is 2. The number of phenolic OH excluding ortho intramolecular Hbond substituents is 2. The molecule has 2 rings (SSSR count). The average Bonchev–Trinajstić information content (AvgIpc) is 2.08. The molecule has 0 aliphatic rings. The van der Waals surface area contributed by atoms with Crippen LogP contribution < -0.4 is 5.63 Å². The molecule has 67 valence electrons. The van der Waals surface area contributed by atoms with Crippen molar-refractivity contribution in [3.63, 3.8) is 0 Å². The SMILES string of the molecule is O=c1ccc2cc(O)c(O)cc2o1.[Na]. The van der Waals surface area contributed by atoms with Gasteiger partial charge in [0.15, 0.2) is 11.5 Å². The summed E-state index contributed by atoms with van der Waals surface area (Å²) in [6.45, 7) is 0. The van der Waals surface area contributed by atoms with Gasteiger partial charge in [-0.25, -0.2) is 4.79 Å². The summed E-state index contributed by atoms with van der Waals surface area (Å²) in [4.78, 5) is 10.8. The fourth-order valence-corrected chi connectivity index (χ4v) is 1.09. The predicted octanol–water partition coefficient (Wildman–Crippen LogP) is 0.823. The maximum Gasteiger partial charge on any atom is 0.336 e. The summed E-state index contributed by atoms with van der Waals surface area (Å²) in [6, 6.07) is 5.29. The van der Waals surface area contributed by atoms with Gasteiger partial charge in [0, 0.05) is 47.1 Å². The van der Waals surface area contributed by atoms with E-state index in [9.17, 15) is 4.79 Å². The molecule has 4 nitrogen and oxygen atoms in total. The number of rotatable bonds is 0. The van der Waals surface area contributed by atoms with Gasteiger partial charge in [-0.3, -0.25) is 0 Å². The molecule has 14 heavy (non-hydrogen) atoms. The van der Waals surface area contributed by atoms with Gasteiger partial charge in [-0.05, 0) is 12.1 Å². The molecule has 0 saturated carbocycles. The van der Waals surface area contributed by atoms with Crippen LogP contribution in [0.1, 0.15) is 0 Å². The summed E-state index contributed by atoms with van der Waals surface area (Å²) in [6.07, 6.45) is 0. The Labute approximate surface area is 101 Å². The van der Waals surface area contributed by atoms with Gasteiger partial charge in [-0.1, -0.05) is 0 Å². The van der Waals surface area contributed by atoms with E-state index < -0.39 is 5.63 Å². The van der Waals surface area contributed by atoms with E-state index >= 15 is 0 Å². The summed E-state index contributed by atoms with van der Waals surface area (Å²) in [7, 11) is 0. The maximum atomic E-state index is 10.8. The van der Waals surface area contributed by atoms with Crippen LogP contribution in [0.2, 0.25) is 0 Å². The van der Waals surface area contributed by atoms with E-state index in [0.717, 1.165) is 0 Å². The van der Waals surface area contributed by atoms with Crippen LogP contribution in [-0.4, -0.2) is 39.8 Å². The van der Waals surface area contributed by atoms with Crippen molar-refractivity contribution in [3.05, 3.63) is 34.7 Å². The van der Waals surface area contributed by atoms with Crippen LogP contribution >= 0.6 is 0 Å². The van der Waals surface area contributed by atoms with E-state index in [4.69, 9.17) is 14.6 Å². The van der Waals surface area contributed by atoms with Crippen molar-refractivity contribution >= 4 is 40.5 Å². The standard InChI is InChI=1S/C9H6O4.Na/c10-6-3-5-1-2-9(12)13-8(5)4-7(6)11;/h1-4,10-11H;. The Bertz CT molecular complexity index is 518. The Morgan fingerprint density at radius 1 is 1.07 bits per heavy atom. The second kappa shape index (κ2) is 4.04. The van der Waals surface area contributed by atoms with E-state index in [1.165, 1.54) is 24.3 Å². The van der Waals surface area contributed by atoms with Crippen molar-refractivity contribution in [1.29, 1.82) is 0 Å². The van der Waals surface area contributed by atoms with E-state index in [0.29, 0.717) is 5.39 Å². The quantitative estimate of drug-likeness (QED) is 0.376. The number of aromatic hydroxyl groups is 2. The van der Waals surface area contributed by atoms with E-state index in [1.807, 2.05) is 0 Å². The third-order valence-corrected chi connectivity index (χ3v) is 1.72. The molecular formula is C9H6NaO4. The van der Waals surface area contributed by atoms with Gasteiger partial charge in [0.05, 0.1) is 0 Å². The molecule has 0 unspecified atom stereocenters. The van der Waals surface area contributed by atoms with Crippen LogP contribution in [0.4, 0.5) is 0 Å². The maximum absolute atomic E-state index is 10.8. The summed E-state index contributed by atoms with van der Waals surface area (Å²) in [5.74, 6) is -0.539. The van der Waals surface area contributed by atoms with E-state index in [-0.39, 0.29) is 46.6 Å². The molecule has 5 heteroatoms. The molecule has 1 aromatic heterocycles. The minimum Gasteiger partial charge on any atom is -0.504 e. The molecule has 0 aliphatic carbocycles. The van der Waals surface area contributed by atoms with E-state index in [1.54, 1.807) is 0 Å². The molecule has 0 spiro atoms. The molecule has 0 atom stereocenters. The summed E-state index contributed by atoms with van der Waals surface area (Å²) >= 11 is 0. The largest absolute Gasteiger partial charge is 0.504 e. The Hall–Kier alpha value is -0.970. The van der Waals surface area contributed by atoms with Gasteiger partial charge < -0.3 is 14.6 Å². The molecule has 2 aromatic rings. The van der Waals surface area contributed by atoms with Crippen molar-refractivity contribution in [1.82, 2.24) is 0 Å². The van der Waals surface area contributed by atoms with Crippen LogP contribution in [0.15, 0.2) is 33.5 Å². The third-order valence-electron chi connectivity index (χ3n) is 1.72. The molecule has 1 heterocycles. The zero-order valence-electron chi connectivity index (χ0n) is 7.52. The average molecular weight is 201 g/mol. The van der Waals surface area contributed by atoms with Crippen molar-refractivity contribution in [3.8, 4) is 11.5 Å². The summed E-state index contributed by atoms with van der Waals surface area (Å²) in [5, 5.41) is 18.8. The topological polar surface area (TPSA) is 70.7 Å². The first kappa shape index (κ1) is 11.1. The summed E-state index contributed by atoms with van der Waals surface area (Å²) in [5.41, 5.74) is -0.236. The first-order valence-electron chi connectivity index (χ1n) is 3.62. The van der Waals surface area contributed by atoms with Crippen LogP contribution in [0.5, 0.6) is 11.5 Å². The molecule has 0 saturated heterocycles. The Kier molecular flexibility index (Phi) is 3.21. The predicted molar refractivity (Wildman–Crippen MR) is 51.6 cm³/mol. The molecule has 0 bridgehead atoms. The smallest absolute Gasteiger partial charge is 0.336 e. The third kappa shape index (κ3) is 1.92. The Morgan fingerprint density at radius 2 is 1.71 bits per heavy atom. The van der Waals surface area contributed by atoms with Crippen molar-refractivity contribution in [2.24, 2.45) is 0 Å². The van der Waals surface area contributed by atoms with Gasteiger partial charge in [0.1, 0.15) is 5.58 Å². The minimum absolute atomic E-state index is 0. The molecule has 1 radical (unpaired) electrons. The van der Waals surface area contributed by atoms with Crippen LogP contribution in [0.3, 0.4) is 0 Å². The fraction of sp³-hybridized carbons (Fsp3) is 0. The second-order valence-electron chi connectivity index (χ2n) is 2.63. The van der Waals surface area contributed by atoms with Crippen molar-refractivity contribution in [2.75, 3.05) is 0 Å². The van der Waals surface area contributed by atoms with Gasteiger partial charge in [0.25, 0.3) is 0 Å². The second-order valence-corrected chi connectivity index (χ2v) is 2.63. The van der Waals surface area contributed by atoms with Gasteiger partial charge in [0.2, 0.25) is 0 Å². The van der Waals surface area contributed by atoms with Crippen molar-refractivity contribution < 1.29 is 14.6 Å². The Morgan fingerprint density at radius 3 is 2.43 bits per heavy atom. The number of hydrogen-bond donors (Lipinski definition) is 2. The van der Waals surface area contributed by atoms with Crippen LogP contribution in [-0.2, 0) is 0 Å². The minimum atomic E-state index is -0.488. The first-order chi connectivity index (χ1) is 6.16. The normalized spacial score (nSPS) is 9.71. The Balaban J connectivity index is 0.000000980. The zero-order valence-corrected chi connectivity index (χ0v) is 9.52. The van der Waals surface area contributed by atoms with Gasteiger partial charge >= 0.3 is 5.63 Å². The van der Waals surface area contributed by atoms with Crippen LogP contribution in [0, 0.1) is 0 Å². The van der Waals surface area contributed by atoms with Gasteiger partial charge in [-0.15, -0.1) is 0 Å². The van der Waals surface area contributed by atoms with Crippen LogP contribution in [0.25, 0.3) is 11.0 Å². The first-order valence-corrected chi connectivity index (χ1v) is 3.62. The number of hydrogen-bond acceptors (Lipinski definition) is 4. The number of fused-ring (bicyclic) bond motifs is 1. The monoisotopic (exact) mass is 201 g/mol. The molecule has 1 aromatic carbocycles. The van der Waals surface area contributed by atoms with Crippen molar-refractivity contribution in [2.45, 2.75) is 0 Å². The summed E-state index contributed by atoms with van der Waals surface area (Å²) < 4.78 is 4.77. The fourth-order valence-electron chi connectivity index (χ4n) is 1.09. The molecule has 0 amide bonds. The number of benzene rings is 1. The zero-order chi connectivity index (χ0) is 9.42. The molecule has 0 fully saturated rings. The molecular weight excluding hydrogens is 195 g/mol.